The van der Waals surface area contributed by atoms with Crippen LogP contribution in [0.5, 0.6) is 5.75 Å². The van der Waals surface area contributed by atoms with Crippen LogP contribution in [0, 0.1) is 3.57 Å². The van der Waals surface area contributed by atoms with Crippen molar-refractivity contribution in [1.29, 1.82) is 0 Å². The van der Waals surface area contributed by atoms with Crippen molar-refractivity contribution in [2.75, 3.05) is 6.61 Å². The summed E-state index contributed by atoms with van der Waals surface area (Å²) >= 11 is 1.87. The smallest absolute Gasteiger partial charge is 0.461 e. The number of H-pyrrole nitrogens is 1. The Kier molecular flexibility index (Phi) is 4.11. The van der Waals surface area contributed by atoms with Crippen LogP contribution in [-0.4, -0.2) is 23.9 Å². The number of carbonyl (C=O) groups is 1. The average Bonchev–Trinajstić information content (AvgIpc) is 2.65. The highest BCUT2D eigenvalue weighted by Gasteiger charge is 2.31. The lowest BCUT2D eigenvalue weighted by Gasteiger charge is -2.08. The van der Waals surface area contributed by atoms with Gasteiger partial charge in [0.25, 0.3) is 0 Å². The fourth-order valence-corrected chi connectivity index (χ4v) is 2.48. The molecule has 0 radical (unpaired) electrons. The van der Waals surface area contributed by atoms with Gasteiger partial charge in [-0.15, -0.1) is 13.2 Å². The zero-order valence-electron chi connectivity index (χ0n) is 10.2. The van der Waals surface area contributed by atoms with Gasteiger partial charge >= 0.3 is 12.3 Å². The molecule has 2 rings (SSSR count). The quantitative estimate of drug-likeness (QED) is 0.631. The molecule has 0 aliphatic carbocycles. The summed E-state index contributed by atoms with van der Waals surface area (Å²) < 4.78 is 45.7. The van der Waals surface area contributed by atoms with Crippen molar-refractivity contribution < 1.29 is 27.4 Å². The van der Waals surface area contributed by atoms with Gasteiger partial charge in [0.1, 0.15) is 11.4 Å². The van der Waals surface area contributed by atoms with E-state index in [0.717, 1.165) is 0 Å². The summed E-state index contributed by atoms with van der Waals surface area (Å²) in [6.45, 7) is 1.88. The number of nitrogens with one attached hydrogen (secondary N) is 1. The number of fused-ring (bicyclic) bond motifs is 1. The molecule has 1 aromatic heterocycles. The van der Waals surface area contributed by atoms with E-state index >= 15 is 0 Å². The Labute approximate surface area is 125 Å². The number of ether oxygens (including phenoxy) is 2. The van der Waals surface area contributed by atoms with Crippen molar-refractivity contribution in [3.8, 4) is 5.75 Å². The molecule has 0 atom stereocenters. The van der Waals surface area contributed by atoms with Crippen LogP contribution in [0.2, 0.25) is 0 Å². The van der Waals surface area contributed by atoms with E-state index in [1.165, 1.54) is 18.2 Å². The van der Waals surface area contributed by atoms with Crippen LogP contribution in [0.4, 0.5) is 13.2 Å². The van der Waals surface area contributed by atoms with Crippen LogP contribution >= 0.6 is 22.6 Å². The average molecular weight is 399 g/mol. The minimum absolute atomic E-state index is 0.214. The first-order chi connectivity index (χ1) is 9.31. The molecule has 0 bridgehead atoms. The normalized spacial score (nSPS) is 11.7. The fraction of sp³-hybridized carbons (Fsp3) is 0.250. The van der Waals surface area contributed by atoms with Gasteiger partial charge in [0.15, 0.2) is 0 Å². The molecule has 20 heavy (non-hydrogen) atoms. The lowest BCUT2D eigenvalue weighted by Crippen LogP contribution is -2.16. The number of esters is 1. The van der Waals surface area contributed by atoms with Gasteiger partial charge in [-0.3, -0.25) is 0 Å². The largest absolute Gasteiger partial charge is 0.573 e. The van der Waals surface area contributed by atoms with Crippen molar-refractivity contribution in [3.05, 3.63) is 27.5 Å². The topological polar surface area (TPSA) is 51.3 Å². The van der Waals surface area contributed by atoms with Gasteiger partial charge < -0.3 is 14.5 Å². The summed E-state index contributed by atoms with van der Waals surface area (Å²) in [7, 11) is 0. The lowest BCUT2D eigenvalue weighted by molar-refractivity contribution is -0.274. The van der Waals surface area contributed by atoms with Crippen LogP contribution in [-0.2, 0) is 4.74 Å². The molecular formula is C12H9F3INO3. The van der Waals surface area contributed by atoms with E-state index in [1.54, 1.807) is 6.92 Å². The highest BCUT2D eigenvalue weighted by atomic mass is 127. The molecular weight excluding hydrogens is 390 g/mol. The number of alkyl halides is 3. The number of halogens is 4. The first-order valence-electron chi connectivity index (χ1n) is 5.56. The maximum absolute atomic E-state index is 12.2. The molecule has 1 N–H and O–H groups in total. The highest BCUT2D eigenvalue weighted by Crippen LogP contribution is 2.30. The predicted octanol–water partition coefficient (Wildman–Crippen LogP) is 3.85. The Hall–Kier alpha value is -1.45. The van der Waals surface area contributed by atoms with Crippen LogP contribution in [0.15, 0.2) is 18.2 Å². The van der Waals surface area contributed by atoms with Gasteiger partial charge in [0.05, 0.1) is 10.2 Å². The molecule has 1 aromatic carbocycles. The van der Waals surface area contributed by atoms with Crippen molar-refractivity contribution in [2.45, 2.75) is 13.3 Å². The second kappa shape index (κ2) is 5.51. The molecule has 2 aromatic rings. The van der Waals surface area contributed by atoms with Gasteiger partial charge in [0, 0.05) is 10.9 Å². The van der Waals surface area contributed by atoms with Crippen molar-refractivity contribution in [2.24, 2.45) is 0 Å². The number of aromatic amines is 1. The minimum atomic E-state index is -4.75. The zero-order chi connectivity index (χ0) is 14.9. The van der Waals surface area contributed by atoms with Gasteiger partial charge in [-0.1, -0.05) is 0 Å². The summed E-state index contributed by atoms with van der Waals surface area (Å²) in [6.07, 6.45) is -4.75. The van der Waals surface area contributed by atoms with Gasteiger partial charge in [-0.25, -0.2) is 4.79 Å². The molecule has 0 spiro atoms. The molecule has 1 heterocycles. The van der Waals surface area contributed by atoms with E-state index in [2.05, 4.69) is 9.72 Å². The molecule has 0 saturated carbocycles. The summed E-state index contributed by atoms with van der Waals surface area (Å²) in [5, 5.41) is 0.468. The lowest BCUT2D eigenvalue weighted by atomic mass is 10.2. The van der Waals surface area contributed by atoms with Crippen LogP contribution in [0.25, 0.3) is 10.9 Å². The Bertz CT molecular complexity index is 651. The summed E-state index contributed by atoms with van der Waals surface area (Å²) in [5.41, 5.74) is 0.749. The molecule has 8 heteroatoms. The SMILES string of the molecule is CCOC(=O)c1[nH]c2ccc(OC(F)(F)F)cc2c1I. The Balaban J connectivity index is 2.43. The molecule has 0 saturated heterocycles. The number of rotatable bonds is 3. The van der Waals surface area contributed by atoms with Crippen molar-refractivity contribution >= 4 is 39.5 Å². The second-order valence-corrected chi connectivity index (χ2v) is 4.87. The molecule has 0 aliphatic heterocycles. The number of benzene rings is 1. The third-order valence-corrected chi connectivity index (χ3v) is 3.54. The molecule has 0 fully saturated rings. The Morgan fingerprint density at radius 2 is 2.10 bits per heavy atom. The zero-order valence-corrected chi connectivity index (χ0v) is 12.3. The summed E-state index contributed by atoms with van der Waals surface area (Å²) in [6, 6.07) is 3.82. The molecule has 108 valence electrons. The first kappa shape index (κ1) is 14.9. The monoisotopic (exact) mass is 399 g/mol. The number of carbonyl (C=O) groups excluding carboxylic acids is 1. The van der Waals surface area contributed by atoms with Gasteiger partial charge in [0.2, 0.25) is 0 Å². The molecule has 0 amide bonds. The van der Waals surface area contributed by atoms with Crippen LogP contribution in [0.3, 0.4) is 0 Å². The second-order valence-electron chi connectivity index (χ2n) is 3.79. The van der Waals surface area contributed by atoms with Crippen molar-refractivity contribution in [1.82, 2.24) is 4.98 Å². The summed E-state index contributed by atoms with van der Waals surface area (Å²) in [5.74, 6) is -0.885. The maximum Gasteiger partial charge on any atom is 0.573 e. The number of hydrogen-bond donors (Lipinski definition) is 1. The van der Waals surface area contributed by atoms with E-state index < -0.39 is 12.3 Å². The molecule has 0 unspecified atom stereocenters. The third kappa shape index (κ3) is 3.17. The minimum Gasteiger partial charge on any atom is -0.461 e. The van der Waals surface area contributed by atoms with E-state index in [4.69, 9.17) is 4.74 Å². The highest BCUT2D eigenvalue weighted by molar-refractivity contribution is 14.1. The first-order valence-corrected chi connectivity index (χ1v) is 6.63. The maximum atomic E-state index is 12.2. The van der Waals surface area contributed by atoms with Gasteiger partial charge in [-0.2, -0.15) is 0 Å². The van der Waals surface area contributed by atoms with Crippen molar-refractivity contribution in [3.63, 3.8) is 0 Å². The summed E-state index contributed by atoms with van der Waals surface area (Å²) in [4.78, 5) is 14.5. The van der Waals surface area contributed by atoms with E-state index in [0.29, 0.717) is 14.5 Å². The number of aromatic nitrogens is 1. The fourth-order valence-electron chi connectivity index (χ4n) is 1.68. The third-order valence-electron chi connectivity index (χ3n) is 2.42. The Morgan fingerprint density at radius 1 is 1.40 bits per heavy atom. The van der Waals surface area contributed by atoms with Crippen LogP contribution < -0.4 is 4.74 Å². The van der Waals surface area contributed by atoms with E-state index in [-0.39, 0.29) is 18.1 Å². The predicted molar refractivity (Wildman–Crippen MR) is 73.7 cm³/mol. The standard InChI is InChI=1S/C12H9F3INO3/c1-2-19-11(18)10-9(16)7-5-6(20-12(13,14)15)3-4-8(7)17-10/h3-5,17H,2H2,1H3. The van der Waals surface area contributed by atoms with Crippen LogP contribution in [0.1, 0.15) is 17.4 Å². The van der Waals surface area contributed by atoms with E-state index in [1.807, 2.05) is 22.6 Å². The van der Waals surface area contributed by atoms with E-state index in [9.17, 15) is 18.0 Å². The van der Waals surface area contributed by atoms with Gasteiger partial charge in [-0.05, 0) is 47.7 Å². The Morgan fingerprint density at radius 3 is 2.70 bits per heavy atom. The molecule has 4 nitrogen and oxygen atoms in total. The number of hydrogen-bond acceptors (Lipinski definition) is 3. The molecule has 0 aliphatic rings.